The molecule has 0 N–H and O–H groups in total. The first-order chi connectivity index (χ1) is 14.0. The molecule has 2 aromatic rings. The summed E-state index contributed by atoms with van der Waals surface area (Å²) in [6, 6.07) is 7.37. The number of anilines is 1. The van der Waals surface area contributed by atoms with Crippen LogP contribution in [0.5, 0.6) is 0 Å². The second-order valence-corrected chi connectivity index (χ2v) is 8.03. The van der Waals surface area contributed by atoms with Crippen LogP contribution in [0, 0.1) is 19.8 Å². The van der Waals surface area contributed by atoms with Crippen molar-refractivity contribution in [3.8, 4) is 5.69 Å². The Kier molecular flexibility index (Phi) is 7.37. The molecule has 0 spiro atoms. The number of aromatic nitrogens is 2. The maximum atomic E-state index is 12.4. The summed E-state index contributed by atoms with van der Waals surface area (Å²) in [7, 11) is 0. The largest absolute Gasteiger partial charge is 0.502 e. The number of allylic oxidation sites excluding steroid dienone is 1. The predicted molar refractivity (Wildman–Crippen MR) is 119 cm³/mol. The molecule has 6 heteroatoms. The topological polar surface area (TPSA) is 47.4 Å². The van der Waals surface area contributed by atoms with Crippen LogP contribution in [-0.2, 0) is 4.74 Å². The van der Waals surface area contributed by atoms with Crippen LogP contribution < -0.4 is 10.5 Å². The molecule has 156 valence electrons. The number of rotatable bonds is 7. The molecular weight excluding hydrogens is 386 g/mol. The van der Waals surface area contributed by atoms with Gasteiger partial charge >= 0.3 is 0 Å². The zero-order valence-corrected chi connectivity index (χ0v) is 18.3. The lowest BCUT2D eigenvalue weighted by Gasteiger charge is -2.34. The highest BCUT2D eigenvalue weighted by Gasteiger charge is 2.21. The highest BCUT2D eigenvalue weighted by atomic mass is 35.5. The van der Waals surface area contributed by atoms with Crippen LogP contribution in [0.25, 0.3) is 5.69 Å². The Balaban J connectivity index is 1.63. The summed E-state index contributed by atoms with van der Waals surface area (Å²) in [6.07, 6.45) is 8.23. The highest BCUT2D eigenvalue weighted by molar-refractivity contribution is 6.33. The summed E-state index contributed by atoms with van der Waals surface area (Å²) >= 11 is 6.61. The van der Waals surface area contributed by atoms with Gasteiger partial charge in [0, 0.05) is 24.8 Å². The Hall–Kier alpha value is -2.27. The molecular formula is C23H30ClN3O2. The van der Waals surface area contributed by atoms with Crippen molar-refractivity contribution in [3.05, 3.63) is 63.5 Å². The minimum absolute atomic E-state index is 0.0874. The molecule has 1 fully saturated rings. The molecule has 3 rings (SSSR count). The minimum Gasteiger partial charge on any atom is -0.502 e. The molecule has 1 aliphatic rings. The van der Waals surface area contributed by atoms with Gasteiger partial charge in [0.1, 0.15) is 5.82 Å². The first kappa shape index (κ1) is 21.4. The van der Waals surface area contributed by atoms with Crippen LogP contribution in [-0.4, -0.2) is 29.2 Å². The van der Waals surface area contributed by atoms with Gasteiger partial charge in [-0.25, -0.2) is 4.98 Å². The van der Waals surface area contributed by atoms with Gasteiger partial charge in [-0.15, -0.1) is 0 Å². The monoisotopic (exact) mass is 415 g/mol. The molecule has 1 aromatic heterocycles. The number of aryl methyl sites for hydroxylation is 2. The zero-order valence-electron chi connectivity index (χ0n) is 17.5. The first-order valence-electron chi connectivity index (χ1n) is 10.4. The fourth-order valence-electron chi connectivity index (χ4n) is 3.88. The number of hydrogen-bond acceptors (Lipinski definition) is 4. The average Bonchev–Trinajstić information content (AvgIpc) is 2.68. The SMILES string of the molecule is CC/C=C\OCCC1CCN(c2ccc(-n3c(C)nc(C)cc3=O)cc2Cl)CC1. The van der Waals surface area contributed by atoms with Gasteiger partial charge in [-0.2, -0.15) is 0 Å². The molecule has 0 atom stereocenters. The number of ether oxygens (including phenoxy) is 1. The second-order valence-electron chi connectivity index (χ2n) is 7.62. The van der Waals surface area contributed by atoms with Gasteiger partial charge in [-0.3, -0.25) is 9.36 Å². The van der Waals surface area contributed by atoms with Crippen molar-refractivity contribution >= 4 is 17.3 Å². The molecule has 0 unspecified atom stereocenters. The van der Waals surface area contributed by atoms with E-state index in [0.717, 1.165) is 62.4 Å². The molecule has 0 bridgehead atoms. The smallest absolute Gasteiger partial charge is 0.258 e. The normalized spacial score (nSPS) is 15.2. The van der Waals surface area contributed by atoms with Gasteiger partial charge in [0.05, 0.1) is 29.3 Å². The van der Waals surface area contributed by atoms with E-state index in [1.807, 2.05) is 44.4 Å². The summed E-state index contributed by atoms with van der Waals surface area (Å²) in [6.45, 7) is 8.52. The number of benzene rings is 1. The Morgan fingerprint density at radius 3 is 2.66 bits per heavy atom. The van der Waals surface area contributed by atoms with E-state index in [1.165, 1.54) is 0 Å². The van der Waals surface area contributed by atoms with Gasteiger partial charge in [-0.05, 0) is 63.6 Å². The van der Waals surface area contributed by atoms with Crippen molar-refractivity contribution in [1.82, 2.24) is 9.55 Å². The van der Waals surface area contributed by atoms with Crippen LogP contribution in [0.1, 0.15) is 44.1 Å². The van der Waals surface area contributed by atoms with Gasteiger partial charge < -0.3 is 9.64 Å². The standard InChI is InChI=1S/C23H30ClN3O2/c1-4-5-13-29-14-10-19-8-11-26(12-9-19)22-7-6-20(16-21(22)24)27-18(3)25-17(2)15-23(27)28/h5-7,13,15-16,19H,4,8-12,14H2,1-3H3/b13-5-. The Bertz CT molecular complexity index is 915. The summed E-state index contributed by atoms with van der Waals surface area (Å²) < 4.78 is 7.14. The molecule has 5 nitrogen and oxygen atoms in total. The van der Waals surface area contributed by atoms with Gasteiger partial charge in [0.25, 0.3) is 5.56 Å². The van der Waals surface area contributed by atoms with E-state index in [2.05, 4.69) is 16.8 Å². The van der Waals surface area contributed by atoms with Crippen molar-refractivity contribution in [2.45, 2.75) is 46.5 Å². The van der Waals surface area contributed by atoms with Crippen LogP contribution >= 0.6 is 11.6 Å². The third-order valence-corrected chi connectivity index (χ3v) is 5.73. The van der Waals surface area contributed by atoms with E-state index in [1.54, 1.807) is 10.6 Å². The second kappa shape index (κ2) is 9.97. The van der Waals surface area contributed by atoms with Crippen molar-refractivity contribution in [2.75, 3.05) is 24.6 Å². The van der Waals surface area contributed by atoms with Crippen LogP contribution in [0.4, 0.5) is 5.69 Å². The Morgan fingerprint density at radius 1 is 1.24 bits per heavy atom. The van der Waals surface area contributed by atoms with Crippen LogP contribution in [0.2, 0.25) is 5.02 Å². The minimum atomic E-state index is -0.0874. The van der Waals surface area contributed by atoms with E-state index in [9.17, 15) is 4.79 Å². The van der Waals surface area contributed by atoms with Crippen LogP contribution in [0.15, 0.2) is 41.4 Å². The van der Waals surface area contributed by atoms with E-state index in [0.29, 0.717) is 16.8 Å². The fraction of sp³-hybridized carbons (Fsp3) is 0.478. The summed E-state index contributed by atoms with van der Waals surface area (Å²) in [5.41, 5.74) is 2.42. The van der Waals surface area contributed by atoms with Gasteiger partial charge in [0.2, 0.25) is 0 Å². The Morgan fingerprint density at radius 2 is 2.00 bits per heavy atom. The highest BCUT2D eigenvalue weighted by Crippen LogP contribution is 2.32. The maximum absolute atomic E-state index is 12.4. The molecule has 0 radical (unpaired) electrons. The van der Waals surface area contributed by atoms with Crippen molar-refractivity contribution in [1.29, 1.82) is 0 Å². The summed E-state index contributed by atoms with van der Waals surface area (Å²) in [4.78, 5) is 19.1. The molecule has 2 heterocycles. The maximum Gasteiger partial charge on any atom is 0.258 e. The van der Waals surface area contributed by atoms with Gasteiger partial charge in [0.15, 0.2) is 0 Å². The van der Waals surface area contributed by atoms with E-state index >= 15 is 0 Å². The number of hydrogen-bond donors (Lipinski definition) is 0. The molecule has 1 aliphatic heterocycles. The first-order valence-corrected chi connectivity index (χ1v) is 10.8. The fourth-order valence-corrected chi connectivity index (χ4v) is 4.17. The van der Waals surface area contributed by atoms with Gasteiger partial charge in [-0.1, -0.05) is 24.6 Å². The summed E-state index contributed by atoms with van der Waals surface area (Å²) in [5, 5.41) is 0.667. The Labute approximate surface area is 178 Å². The molecule has 0 saturated carbocycles. The van der Waals surface area contributed by atoms with E-state index in [4.69, 9.17) is 16.3 Å². The van der Waals surface area contributed by atoms with Crippen molar-refractivity contribution in [3.63, 3.8) is 0 Å². The molecule has 1 saturated heterocycles. The average molecular weight is 416 g/mol. The van der Waals surface area contributed by atoms with Crippen molar-refractivity contribution in [2.24, 2.45) is 5.92 Å². The van der Waals surface area contributed by atoms with Crippen molar-refractivity contribution < 1.29 is 4.74 Å². The van der Waals surface area contributed by atoms with E-state index in [-0.39, 0.29) is 5.56 Å². The summed E-state index contributed by atoms with van der Waals surface area (Å²) in [5.74, 6) is 1.36. The van der Waals surface area contributed by atoms with Crippen LogP contribution in [0.3, 0.4) is 0 Å². The number of piperidine rings is 1. The molecule has 0 aliphatic carbocycles. The molecule has 29 heavy (non-hydrogen) atoms. The molecule has 1 aromatic carbocycles. The lowest BCUT2D eigenvalue weighted by Crippen LogP contribution is -2.34. The number of halogens is 1. The third kappa shape index (κ3) is 5.41. The zero-order chi connectivity index (χ0) is 20.8. The lowest BCUT2D eigenvalue weighted by molar-refractivity contribution is 0.209. The predicted octanol–water partition coefficient (Wildman–Crippen LogP) is 5.05. The lowest BCUT2D eigenvalue weighted by atomic mass is 9.93. The molecule has 0 amide bonds. The number of nitrogens with zero attached hydrogens (tertiary/aromatic N) is 3. The van der Waals surface area contributed by atoms with E-state index < -0.39 is 0 Å². The third-order valence-electron chi connectivity index (χ3n) is 5.43. The quantitative estimate of drug-likeness (QED) is 0.469.